The van der Waals surface area contributed by atoms with Crippen LogP contribution in [-0.4, -0.2) is 121 Å². The van der Waals surface area contributed by atoms with Gasteiger partial charge in [0.25, 0.3) is 0 Å². The van der Waals surface area contributed by atoms with E-state index in [9.17, 15) is 18.0 Å². The number of amides is 1. The van der Waals surface area contributed by atoms with E-state index in [-0.39, 0.29) is 23.6 Å². The summed E-state index contributed by atoms with van der Waals surface area (Å²) in [6.45, 7) is 15.7. The number of piperazine rings is 1. The maximum absolute atomic E-state index is 14.1. The topological polar surface area (TPSA) is 57.7 Å². The number of allylic oxidation sites excluding steroid dienone is 3. The Balaban J connectivity index is 1.31. The van der Waals surface area contributed by atoms with Crippen LogP contribution in [-0.2, 0) is 4.79 Å². The zero-order valence-electron chi connectivity index (χ0n) is 24.2. The Hall–Kier alpha value is -2.89. The van der Waals surface area contributed by atoms with Crippen molar-refractivity contribution in [1.82, 2.24) is 30.0 Å². The maximum atomic E-state index is 14.1. The Morgan fingerprint density at radius 3 is 2.44 bits per heavy atom. The van der Waals surface area contributed by atoms with Gasteiger partial charge in [-0.05, 0) is 63.7 Å². The summed E-state index contributed by atoms with van der Waals surface area (Å²) in [5.41, 5.74) is 5.92. The maximum Gasteiger partial charge on any atom is 0.433 e. The van der Waals surface area contributed by atoms with Gasteiger partial charge in [-0.3, -0.25) is 19.6 Å². The molecule has 3 fully saturated rings. The summed E-state index contributed by atoms with van der Waals surface area (Å²) in [6.07, 6.45) is 4.87. The molecule has 5 rings (SSSR count). The summed E-state index contributed by atoms with van der Waals surface area (Å²) in [7, 11) is 2.07. The molecule has 0 aromatic heterocycles. The minimum Gasteiger partial charge on any atom is -0.365 e. The van der Waals surface area contributed by atoms with Crippen LogP contribution in [0.4, 0.5) is 13.2 Å². The Kier molecular flexibility index (Phi) is 8.77. The standard InChI is InChI=1S/C30H42F3N7O/c1-5-27(41)39-17-15-38(16-18-39)26-20-40-24(23(7-6-8-25(26)40)29(34-3)30(31,32)33)11-14-37-12-9-22(10-13-37)28-21(2)19-35-36(28)4/h5-7,11,22,25-26,35H,1,3,8-10,12-20H2,2,4H3/b24-11+,29-23-. The lowest BCUT2D eigenvalue weighted by molar-refractivity contribution is -0.129. The first kappa shape index (κ1) is 29.6. The van der Waals surface area contributed by atoms with E-state index in [1.165, 1.54) is 17.3 Å². The van der Waals surface area contributed by atoms with E-state index in [1.54, 1.807) is 11.0 Å². The molecule has 8 nitrogen and oxygen atoms in total. The number of carbonyl (C=O) groups is 1. The fourth-order valence-electron chi connectivity index (χ4n) is 7.10. The van der Waals surface area contributed by atoms with Gasteiger partial charge in [0, 0.05) is 87.8 Å². The molecule has 5 aliphatic heterocycles. The van der Waals surface area contributed by atoms with E-state index >= 15 is 0 Å². The number of rotatable bonds is 6. The molecule has 0 radical (unpaired) electrons. The second-order valence-electron chi connectivity index (χ2n) is 11.6. The van der Waals surface area contributed by atoms with E-state index < -0.39 is 11.9 Å². The average Bonchev–Trinajstić information content (AvgIpc) is 3.21. The number of halogens is 3. The number of piperidine rings is 1. The quantitative estimate of drug-likeness (QED) is 0.389. The molecule has 0 saturated carbocycles. The molecule has 1 N–H and O–H groups in total. The van der Waals surface area contributed by atoms with E-state index in [0.29, 0.717) is 44.2 Å². The van der Waals surface area contributed by atoms with Crippen LogP contribution in [0, 0.1) is 5.92 Å². The van der Waals surface area contributed by atoms with Crippen LogP contribution in [0.1, 0.15) is 26.2 Å². The van der Waals surface area contributed by atoms with Gasteiger partial charge in [0.15, 0.2) is 5.70 Å². The smallest absolute Gasteiger partial charge is 0.365 e. The second-order valence-corrected chi connectivity index (χ2v) is 11.6. The minimum atomic E-state index is -4.59. The number of nitrogens with one attached hydrogen (secondary N) is 1. The van der Waals surface area contributed by atoms with Crippen LogP contribution in [0.5, 0.6) is 0 Å². The van der Waals surface area contributed by atoms with Gasteiger partial charge in [-0.1, -0.05) is 18.7 Å². The van der Waals surface area contributed by atoms with E-state index in [2.05, 4.69) is 57.4 Å². The van der Waals surface area contributed by atoms with Crippen molar-refractivity contribution in [3.05, 3.63) is 59.1 Å². The minimum absolute atomic E-state index is 0.0586. The molecule has 2 unspecified atom stereocenters. The zero-order chi connectivity index (χ0) is 29.3. The third kappa shape index (κ3) is 6.03. The van der Waals surface area contributed by atoms with Gasteiger partial charge in [-0.2, -0.15) is 13.2 Å². The third-order valence-corrected chi connectivity index (χ3v) is 9.32. The summed E-state index contributed by atoms with van der Waals surface area (Å²) in [5, 5.41) is 2.14. The van der Waals surface area contributed by atoms with E-state index in [0.717, 1.165) is 45.6 Å². The molecule has 0 bridgehead atoms. The summed E-state index contributed by atoms with van der Waals surface area (Å²) < 4.78 is 42.2. The molecule has 2 atom stereocenters. The molecule has 41 heavy (non-hydrogen) atoms. The van der Waals surface area contributed by atoms with Gasteiger partial charge in [0.2, 0.25) is 5.91 Å². The number of likely N-dealkylation sites (tertiary alicyclic amines) is 1. The van der Waals surface area contributed by atoms with Gasteiger partial charge in [0.05, 0.1) is 0 Å². The molecule has 5 aliphatic rings. The van der Waals surface area contributed by atoms with Crippen LogP contribution < -0.4 is 5.43 Å². The molecule has 1 amide bonds. The number of aliphatic imine (C=N–C) groups is 1. The lowest BCUT2D eigenvalue weighted by Gasteiger charge is -2.55. The van der Waals surface area contributed by atoms with Crippen molar-refractivity contribution in [3.63, 3.8) is 0 Å². The largest absolute Gasteiger partial charge is 0.433 e. The van der Waals surface area contributed by atoms with Crippen molar-refractivity contribution in [2.24, 2.45) is 10.9 Å². The highest BCUT2D eigenvalue weighted by Crippen LogP contribution is 2.41. The number of alkyl halides is 3. The average molecular weight is 574 g/mol. The highest BCUT2D eigenvalue weighted by molar-refractivity contribution is 5.87. The van der Waals surface area contributed by atoms with Crippen LogP contribution >= 0.6 is 0 Å². The van der Waals surface area contributed by atoms with Gasteiger partial charge in [0.1, 0.15) is 0 Å². The predicted octanol–water partition coefficient (Wildman–Crippen LogP) is 3.17. The van der Waals surface area contributed by atoms with Crippen molar-refractivity contribution in [1.29, 1.82) is 0 Å². The summed E-state index contributed by atoms with van der Waals surface area (Å²) in [6, 6.07) is 0.292. The summed E-state index contributed by atoms with van der Waals surface area (Å²) in [5.74, 6) is 0.441. The molecular formula is C30H42F3N7O. The molecule has 0 spiro atoms. The van der Waals surface area contributed by atoms with Crippen molar-refractivity contribution >= 4 is 12.6 Å². The van der Waals surface area contributed by atoms with Crippen molar-refractivity contribution in [2.75, 3.05) is 66.0 Å². The Bertz CT molecular complexity index is 1160. The van der Waals surface area contributed by atoms with Gasteiger partial charge in [-0.25, -0.2) is 5.43 Å². The first-order valence-electron chi connectivity index (χ1n) is 14.6. The van der Waals surface area contributed by atoms with Crippen molar-refractivity contribution in [3.8, 4) is 0 Å². The first-order chi connectivity index (χ1) is 19.6. The normalized spacial score (nSPS) is 29.0. The number of hydrogen-bond acceptors (Lipinski definition) is 7. The third-order valence-electron chi connectivity index (χ3n) is 9.32. The van der Waals surface area contributed by atoms with Gasteiger partial charge in [-0.15, -0.1) is 0 Å². The molecule has 3 saturated heterocycles. The highest BCUT2D eigenvalue weighted by atomic mass is 19.4. The van der Waals surface area contributed by atoms with E-state index in [1.807, 2.05) is 12.2 Å². The van der Waals surface area contributed by atoms with Gasteiger partial charge < -0.3 is 14.8 Å². The zero-order valence-corrected chi connectivity index (χ0v) is 24.2. The summed E-state index contributed by atoms with van der Waals surface area (Å²) in [4.78, 5) is 24.1. The number of hydrazine groups is 1. The fraction of sp³-hybridized carbons (Fsp3) is 0.600. The number of fused-ring (bicyclic) bond motifs is 1. The second kappa shape index (κ2) is 12.1. The molecule has 0 aromatic rings. The first-order valence-corrected chi connectivity index (χ1v) is 14.6. The van der Waals surface area contributed by atoms with Crippen molar-refractivity contribution < 1.29 is 18.0 Å². The lowest BCUT2D eigenvalue weighted by Crippen LogP contribution is -2.68. The monoisotopic (exact) mass is 573 g/mol. The van der Waals surface area contributed by atoms with Crippen LogP contribution in [0.3, 0.4) is 0 Å². The van der Waals surface area contributed by atoms with E-state index in [4.69, 9.17) is 0 Å². The predicted molar refractivity (Wildman–Crippen MR) is 155 cm³/mol. The summed E-state index contributed by atoms with van der Waals surface area (Å²) >= 11 is 0. The van der Waals surface area contributed by atoms with Crippen molar-refractivity contribution in [2.45, 2.75) is 44.4 Å². The number of hydrogen-bond donors (Lipinski definition) is 1. The highest BCUT2D eigenvalue weighted by Gasteiger charge is 2.46. The Morgan fingerprint density at radius 1 is 1.15 bits per heavy atom. The van der Waals surface area contributed by atoms with Crippen LogP contribution in [0.2, 0.25) is 0 Å². The molecule has 11 heteroatoms. The molecule has 224 valence electrons. The molecule has 0 aliphatic carbocycles. The fourth-order valence-corrected chi connectivity index (χ4v) is 7.10. The lowest BCUT2D eigenvalue weighted by atomic mass is 9.90. The van der Waals surface area contributed by atoms with Crippen LogP contribution in [0.25, 0.3) is 0 Å². The number of nitrogens with zero attached hydrogens (tertiary/aromatic N) is 6. The molecule has 5 heterocycles. The van der Waals surface area contributed by atoms with Gasteiger partial charge >= 0.3 is 6.18 Å². The Morgan fingerprint density at radius 2 is 1.85 bits per heavy atom. The number of carbonyl (C=O) groups excluding carboxylic acids is 1. The van der Waals surface area contributed by atoms with Crippen LogP contribution in [0.15, 0.2) is 64.1 Å². The SMILES string of the molecule is C=CC(=O)N1CCN(C2CN3C(=C/CN4CCC(C5=C(C)CNN5C)CC4)/C(=C(\N=C)C(F)(F)F)C=CCC23)CC1. The molecule has 0 aromatic carbocycles. The molecular weight excluding hydrogens is 531 g/mol. The Labute approximate surface area is 241 Å².